The van der Waals surface area contributed by atoms with Crippen LogP contribution in [0.4, 0.5) is 0 Å². The van der Waals surface area contributed by atoms with Gasteiger partial charge in [-0.1, -0.05) is 44.5 Å². The highest BCUT2D eigenvalue weighted by Crippen LogP contribution is 2.27. The van der Waals surface area contributed by atoms with Crippen molar-refractivity contribution >= 4 is 94.5 Å². The van der Waals surface area contributed by atoms with Crippen LogP contribution >= 0.6 is 0 Å². The van der Waals surface area contributed by atoms with Crippen molar-refractivity contribution in [2.45, 2.75) is 257 Å². The zero-order chi connectivity index (χ0) is 92.0. The molecule has 14 amide bonds. The summed E-state index contributed by atoms with van der Waals surface area (Å²) in [6.07, 6.45) is 2.97. The third-order valence-electron chi connectivity index (χ3n) is 18.8. The van der Waals surface area contributed by atoms with Crippen LogP contribution in [0.2, 0.25) is 0 Å². The second-order valence-corrected chi connectivity index (χ2v) is 31.9. The summed E-state index contributed by atoms with van der Waals surface area (Å²) in [7, 11) is 0. The molecule has 33 N–H and O–H groups in total. The molecule has 0 aliphatic carbocycles. The van der Waals surface area contributed by atoms with Crippen molar-refractivity contribution in [2.75, 3.05) is 32.8 Å². The highest BCUT2D eigenvalue weighted by molar-refractivity contribution is 6.00. The number of phenols is 5. The predicted molar refractivity (Wildman–Crippen MR) is 440 cm³/mol. The maximum atomic E-state index is 14.3. The topological polar surface area (TPSA) is 689 Å². The van der Waals surface area contributed by atoms with Crippen LogP contribution < -0.4 is 102 Å². The molecular formula is C80H131N19O22+4. The van der Waals surface area contributed by atoms with Crippen LogP contribution in [0.25, 0.3) is 0 Å². The van der Waals surface area contributed by atoms with Crippen molar-refractivity contribution in [1.29, 1.82) is 0 Å². The average Bonchev–Trinajstić information content (AvgIpc) is 0.840. The largest absolute Gasteiger partial charge is 0.508 e. The van der Waals surface area contributed by atoms with Gasteiger partial charge < -0.3 is 127 Å². The van der Waals surface area contributed by atoms with Crippen molar-refractivity contribution in [3.63, 3.8) is 0 Å². The highest BCUT2D eigenvalue weighted by Gasteiger charge is 2.39. The SMILES string of the molecule is CC[C@H](C)[C@H](NC(=O)[C@H](Cc1ccc(O)cc1)NC(C)=O)C(=O)NCC(=O)N[C@@H](CO)C(=O)N[C@@H](CCC[NH+]=C(C)N)C(=O)O.C[C@H](NC(=O)[C@H](CCCC[NH3+])NC(=O)[C@H](Cc1ccc(O)c(O)c1)NC(=O)[C@H](CCCC[NH3+])NC(=O)[C@@H]([NH3+])Cc1ccc(O)c(O)c1)C(=O)NC(C)(C)C(=O)N[C@@H](C)C(=O)NC(C)(C)C(=O)N[C@@H](C)C(=O)NC(C)(C)C. The molecule has 0 bridgehead atoms. The third-order valence-corrected chi connectivity index (χ3v) is 18.8. The molecule has 0 radical (unpaired) electrons. The summed E-state index contributed by atoms with van der Waals surface area (Å²) in [5.41, 5.74) is 14.8. The van der Waals surface area contributed by atoms with E-state index < -0.39 is 196 Å². The van der Waals surface area contributed by atoms with Gasteiger partial charge in [0.25, 0.3) is 5.91 Å². The number of carboxylic acid groups (broad SMARTS) is 1. The van der Waals surface area contributed by atoms with E-state index in [1.54, 1.807) is 53.7 Å². The average molecular weight is 1710 g/mol. The van der Waals surface area contributed by atoms with E-state index >= 15 is 0 Å². The fourth-order valence-corrected chi connectivity index (χ4v) is 11.4. The van der Waals surface area contributed by atoms with Gasteiger partial charge in [0, 0.05) is 38.6 Å². The number of amidine groups is 1. The van der Waals surface area contributed by atoms with Crippen molar-refractivity contribution in [1.82, 2.24) is 74.4 Å². The molecule has 0 spiro atoms. The predicted octanol–water partition coefficient (Wildman–Crippen LogP) is -7.23. The number of aromatic hydroxyl groups is 5. The minimum atomic E-state index is -1.67. The Morgan fingerprint density at radius 1 is 0.446 bits per heavy atom. The summed E-state index contributed by atoms with van der Waals surface area (Å²) >= 11 is 0. The molecule has 0 fully saturated rings. The molecule has 0 aliphatic rings. The minimum Gasteiger partial charge on any atom is -0.508 e. The number of nitrogens with two attached hydrogens (primary N) is 1. The molecule has 0 saturated heterocycles. The van der Waals surface area contributed by atoms with Crippen LogP contribution in [-0.4, -0.2) is 246 Å². The zero-order valence-electron chi connectivity index (χ0n) is 71.7. The van der Waals surface area contributed by atoms with Gasteiger partial charge in [-0.05, 0) is 180 Å². The quantitative estimate of drug-likeness (QED) is 0.0108. The number of aliphatic hydroxyl groups excluding tert-OH is 1. The van der Waals surface area contributed by atoms with Gasteiger partial charge in [-0.2, -0.15) is 0 Å². The van der Waals surface area contributed by atoms with Gasteiger partial charge in [0.2, 0.25) is 82.6 Å². The van der Waals surface area contributed by atoms with Gasteiger partial charge in [-0.15, -0.1) is 0 Å². The van der Waals surface area contributed by atoms with Gasteiger partial charge in [0.15, 0.2) is 29.0 Å². The van der Waals surface area contributed by atoms with E-state index in [1.807, 2.05) is 0 Å². The second kappa shape index (κ2) is 50.8. The number of benzene rings is 3. The van der Waals surface area contributed by atoms with Gasteiger partial charge >= 0.3 is 5.97 Å². The molecule has 674 valence electrons. The number of phenolic OH excluding ortho intramolecular Hbond substituents is 5. The first-order valence-electron chi connectivity index (χ1n) is 40.0. The normalized spacial score (nSPS) is 14.5. The van der Waals surface area contributed by atoms with E-state index in [2.05, 4.69) is 96.6 Å². The van der Waals surface area contributed by atoms with Gasteiger partial charge in [-0.25, -0.2) is 4.79 Å². The number of hydrogen-bond donors (Lipinski definition) is 26. The van der Waals surface area contributed by atoms with E-state index in [0.717, 1.165) is 0 Å². The maximum absolute atomic E-state index is 14.3. The van der Waals surface area contributed by atoms with Gasteiger partial charge in [0.05, 0.1) is 32.8 Å². The smallest absolute Gasteiger partial charge is 0.326 e. The van der Waals surface area contributed by atoms with E-state index in [-0.39, 0.29) is 61.7 Å². The Hall–Kier alpha value is -12.0. The Labute approximate surface area is 703 Å². The van der Waals surface area contributed by atoms with Gasteiger partial charge in [0.1, 0.15) is 77.2 Å². The number of hydrogen-bond acceptors (Lipinski definition) is 21. The summed E-state index contributed by atoms with van der Waals surface area (Å²) in [6.45, 7) is 21.5. The number of aliphatic hydroxyl groups is 1. The van der Waals surface area contributed by atoms with Crippen LogP contribution in [0.5, 0.6) is 28.7 Å². The van der Waals surface area contributed by atoms with Crippen molar-refractivity contribution in [3.05, 3.63) is 77.4 Å². The number of carbonyl (C=O) groups excluding carboxylic acids is 14. The minimum absolute atomic E-state index is 0.0353. The van der Waals surface area contributed by atoms with Gasteiger partial charge in [-0.3, -0.25) is 77.8 Å². The Balaban J connectivity index is 0.000000937. The number of quaternary nitrogens is 3. The van der Waals surface area contributed by atoms with E-state index in [4.69, 9.17) is 5.73 Å². The Bertz CT molecular complexity index is 4060. The van der Waals surface area contributed by atoms with E-state index in [1.165, 1.54) is 104 Å². The number of rotatable bonds is 48. The lowest BCUT2D eigenvalue weighted by atomic mass is 9.97. The fraction of sp³-hybridized carbons (Fsp3) is 0.575. The summed E-state index contributed by atoms with van der Waals surface area (Å²) in [5, 5.41) is 104. The molecule has 41 nitrogen and oxygen atoms in total. The van der Waals surface area contributed by atoms with Crippen molar-refractivity contribution in [3.8, 4) is 28.7 Å². The molecule has 41 heteroatoms. The van der Waals surface area contributed by atoms with Crippen LogP contribution in [0.15, 0.2) is 60.7 Å². The standard InChI is InChI=1S/C51H82N12O13.C29H45N7O9/c1-27(41(69)62-50(7,8)48(76)57-29(3)42(70)63-51(9,10)47(75)56-28(2)40(68)61-49(4,5)6)55-44(72)33(15-11-13-21-52)59-46(74)35(24-31-18-20-37(65)39(67)26-31)60-45(73)34(16-12-14-22-53)58-43(71)32(54)23-30-17-19-36(64)38(66)25-30;1-5-16(2)25(36-26(41)22(33-18(4)38)13-19-8-10-20(39)11-9-19)28(43)32-14-24(40)34-23(15-37)27(42)35-21(29(44)45)7-6-12-31-17(3)30/h17-20,25-29,32-35,64-67H,11-16,21-24,52-54H2,1-10H3,(H,55,72)(H,56,75)(H,57,76)(H,58,71)(H,59,74)(H,60,73)(H,61,68)(H,62,69)(H,63,70);8-11,16,21-23,25,37,39H,5-7,12-15H2,1-4H3,(H2,30,31)(H,32,43)(H,33,38)(H,34,40)(H,35,42)(H,36,41)(H,44,45)/p+4/t27-,28-,29-,32-,33-,34-,35-;16-,21-,22-,23-,25-/m00/s1. The molecule has 0 unspecified atom stereocenters. The first-order valence-corrected chi connectivity index (χ1v) is 40.0. The monoisotopic (exact) mass is 1710 g/mol. The third kappa shape index (κ3) is 38.7. The summed E-state index contributed by atoms with van der Waals surface area (Å²) < 4.78 is 0. The fourth-order valence-electron chi connectivity index (χ4n) is 11.4. The number of amides is 14. The molecule has 0 heterocycles. The first kappa shape index (κ1) is 105. The van der Waals surface area contributed by atoms with Crippen molar-refractivity contribution < 1.29 is 130 Å². The maximum Gasteiger partial charge on any atom is 0.326 e. The molecule has 3 rings (SSSR count). The molecular weight excluding hydrogens is 1580 g/mol. The van der Waals surface area contributed by atoms with Crippen LogP contribution in [0.3, 0.4) is 0 Å². The lowest BCUT2D eigenvalue weighted by Crippen LogP contribution is -2.74. The number of nitrogens with one attached hydrogen (secondary N) is 15. The number of aliphatic carboxylic acids is 1. The Morgan fingerprint density at radius 3 is 1.31 bits per heavy atom. The molecule has 121 heavy (non-hydrogen) atoms. The molecule has 0 aliphatic heterocycles. The number of carbonyl (C=O) groups is 15. The number of unbranched alkanes of at least 4 members (excludes halogenated alkanes) is 2. The van der Waals surface area contributed by atoms with Crippen LogP contribution in [0, 0.1) is 5.92 Å². The molecule has 3 aromatic rings. The summed E-state index contributed by atoms with van der Waals surface area (Å²) in [4.78, 5) is 199. The molecule has 3 aromatic carbocycles. The van der Waals surface area contributed by atoms with E-state index in [9.17, 15) is 108 Å². The molecule has 0 saturated carbocycles. The Morgan fingerprint density at radius 2 is 0.851 bits per heavy atom. The second-order valence-electron chi connectivity index (χ2n) is 31.9. The van der Waals surface area contributed by atoms with Crippen LogP contribution in [0.1, 0.15) is 171 Å². The highest BCUT2D eigenvalue weighted by atomic mass is 16.4. The first-order chi connectivity index (χ1) is 56.4. The molecule has 0 aromatic heterocycles. The lowest BCUT2D eigenvalue weighted by Gasteiger charge is -2.31. The summed E-state index contributed by atoms with van der Waals surface area (Å²) in [5.74, 6) is -12.9. The lowest BCUT2D eigenvalue weighted by molar-refractivity contribution is -0.459. The van der Waals surface area contributed by atoms with E-state index in [0.29, 0.717) is 80.7 Å². The zero-order valence-corrected chi connectivity index (χ0v) is 71.7. The molecule has 12 atom stereocenters. The van der Waals surface area contributed by atoms with Crippen LogP contribution in [-0.2, 0) is 91.2 Å². The Kier molecular flexibility index (Phi) is 44.1. The van der Waals surface area contributed by atoms with Crippen molar-refractivity contribution in [2.24, 2.45) is 11.7 Å². The summed E-state index contributed by atoms with van der Waals surface area (Å²) in [6, 6.07) is 0.754. The number of carboxylic acids is 1.